The Morgan fingerprint density at radius 2 is 0.946 bits per heavy atom. The summed E-state index contributed by atoms with van der Waals surface area (Å²) in [5.41, 5.74) is 11.4. The standard InChI is InChI=1S/C48H35N5O2S/c49-46-50-42(35-25-13-4-14-26-35)39-41(34-23-11-3-12-24-34)48(40(33-21-9-2-10-22-33)38(43(39)51-46)31-32-19-7-1-8-20-32)44(54)52(36-27-15-5-16-28-36)47(56)53(45(48)55)37-29-17-6-18-30-37/h1-31,40-41H,(H2,49,50,51)/b38-31-. The molecule has 1 fully saturated rings. The lowest BCUT2D eigenvalue weighted by molar-refractivity contribution is -0.142. The van der Waals surface area contributed by atoms with Crippen LogP contribution in [0.25, 0.3) is 22.9 Å². The Morgan fingerprint density at radius 1 is 0.536 bits per heavy atom. The summed E-state index contributed by atoms with van der Waals surface area (Å²) in [4.78, 5) is 46.0. The van der Waals surface area contributed by atoms with Gasteiger partial charge in [0.05, 0.1) is 22.8 Å². The molecular formula is C48H35N5O2S. The zero-order chi connectivity index (χ0) is 38.2. The molecule has 2 amide bonds. The van der Waals surface area contributed by atoms with E-state index in [1.165, 1.54) is 0 Å². The highest BCUT2D eigenvalue weighted by Gasteiger charge is 2.69. The summed E-state index contributed by atoms with van der Waals surface area (Å²) in [6.45, 7) is 0. The van der Waals surface area contributed by atoms with Crippen LogP contribution in [-0.2, 0) is 9.59 Å². The highest BCUT2D eigenvalue weighted by molar-refractivity contribution is 7.81. The van der Waals surface area contributed by atoms with E-state index in [4.69, 9.17) is 27.9 Å². The Bertz CT molecular complexity index is 2540. The van der Waals surface area contributed by atoms with Crippen LogP contribution in [0, 0.1) is 5.41 Å². The molecule has 2 N–H and O–H groups in total. The van der Waals surface area contributed by atoms with Gasteiger partial charge in [-0.15, -0.1) is 0 Å². The molecule has 0 saturated carbocycles. The smallest absolute Gasteiger partial charge is 0.251 e. The van der Waals surface area contributed by atoms with Crippen molar-refractivity contribution in [2.24, 2.45) is 5.41 Å². The maximum Gasteiger partial charge on any atom is 0.251 e. The third-order valence-corrected chi connectivity index (χ3v) is 11.1. The molecule has 7 aromatic rings. The van der Waals surface area contributed by atoms with E-state index in [0.717, 1.165) is 22.3 Å². The molecule has 0 bridgehead atoms. The largest absolute Gasteiger partial charge is 0.368 e. The first-order valence-corrected chi connectivity index (χ1v) is 18.8. The number of carbonyl (C=O) groups excluding carboxylic acids is 2. The van der Waals surface area contributed by atoms with E-state index in [2.05, 4.69) is 0 Å². The van der Waals surface area contributed by atoms with E-state index in [0.29, 0.717) is 33.9 Å². The van der Waals surface area contributed by atoms with Crippen molar-refractivity contribution >= 4 is 58.1 Å². The van der Waals surface area contributed by atoms with Gasteiger partial charge in [-0.25, -0.2) is 9.97 Å². The van der Waals surface area contributed by atoms with Crippen molar-refractivity contribution in [3.63, 3.8) is 0 Å². The van der Waals surface area contributed by atoms with Gasteiger partial charge >= 0.3 is 0 Å². The number of hydrogen-bond acceptors (Lipinski definition) is 6. The number of fused-ring (bicyclic) bond motifs is 1. The Balaban J connectivity index is 1.50. The van der Waals surface area contributed by atoms with Gasteiger partial charge in [0.15, 0.2) is 10.5 Å². The second kappa shape index (κ2) is 14.3. The molecular weight excluding hydrogens is 711 g/mol. The normalized spacial score (nSPS) is 18.3. The van der Waals surface area contributed by atoms with Crippen LogP contribution < -0.4 is 15.5 Å². The molecule has 1 aliphatic heterocycles. The second-order valence-corrected chi connectivity index (χ2v) is 14.2. The Labute approximate surface area is 330 Å². The number of carbonyl (C=O) groups is 2. The average Bonchev–Trinajstić information content (AvgIpc) is 3.25. The molecule has 2 atom stereocenters. The monoisotopic (exact) mass is 745 g/mol. The lowest BCUT2D eigenvalue weighted by Crippen LogP contribution is -2.70. The molecule has 1 aromatic heterocycles. The third-order valence-electron chi connectivity index (χ3n) is 10.7. The minimum atomic E-state index is -1.90. The van der Waals surface area contributed by atoms with Gasteiger partial charge in [0.2, 0.25) is 5.95 Å². The topological polar surface area (TPSA) is 92.4 Å². The van der Waals surface area contributed by atoms with Gasteiger partial charge < -0.3 is 5.73 Å². The summed E-state index contributed by atoms with van der Waals surface area (Å²) >= 11 is 6.22. The van der Waals surface area contributed by atoms with Crippen molar-refractivity contribution < 1.29 is 9.59 Å². The lowest BCUT2D eigenvalue weighted by Gasteiger charge is -2.55. The molecule has 270 valence electrons. The molecule has 0 radical (unpaired) electrons. The van der Waals surface area contributed by atoms with E-state index >= 15 is 9.59 Å². The van der Waals surface area contributed by atoms with Gasteiger partial charge in [0.1, 0.15) is 0 Å². The van der Waals surface area contributed by atoms with Gasteiger partial charge in [0.25, 0.3) is 11.8 Å². The van der Waals surface area contributed by atoms with E-state index in [1.54, 1.807) is 9.80 Å². The minimum Gasteiger partial charge on any atom is -0.368 e. The van der Waals surface area contributed by atoms with Crippen LogP contribution in [0.4, 0.5) is 17.3 Å². The predicted molar refractivity (Wildman–Crippen MR) is 227 cm³/mol. The Hall–Kier alpha value is -7.03. The average molecular weight is 746 g/mol. The maximum atomic E-state index is 16.5. The Morgan fingerprint density at radius 3 is 1.45 bits per heavy atom. The summed E-state index contributed by atoms with van der Waals surface area (Å²) in [6.07, 6.45) is 2.04. The van der Waals surface area contributed by atoms with Crippen molar-refractivity contribution in [2.75, 3.05) is 15.5 Å². The van der Waals surface area contributed by atoms with Crippen LogP contribution in [0.3, 0.4) is 0 Å². The maximum absolute atomic E-state index is 16.5. The van der Waals surface area contributed by atoms with Crippen molar-refractivity contribution in [3.05, 3.63) is 210 Å². The molecule has 9 rings (SSSR count). The number of para-hydroxylation sites is 2. The number of nitrogens with two attached hydrogens (primary N) is 1. The predicted octanol–water partition coefficient (Wildman–Crippen LogP) is 9.55. The number of aromatic nitrogens is 2. The third kappa shape index (κ3) is 5.61. The van der Waals surface area contributed by atoms with Crippen molar-refractivity contribution in [3.8, 4) is 11.3 Å². The molecule has 56 heavy (non-hydrogen) atoms. The van der Waals surface area contributed by atoms with Gasteiger partial charge in [-0.2, -0.15) is 0 Å². The van der Waals surface area contributed by atoms with Gasteiger partial charge in [0, 0.05) is 23.0 Å². The highest BCUT2D eigenvalue weighted by atomic mass is 32.1. The Kier molecular flexibility index (Phi) is 8.88. The molecule has 6 aromatic carbocycles. The number of benzene rings is 6. The first kappa shape index (κ1) is 34.7. The van der Waals surface area contributed by atoms with E-state index in [-0.39, 0.29) is 11.1 Å². The van der Waals surface area contributed by atoms with Crippen molar-refractivity contribution in [1.82, 2.24) is 9.97 Å². The fourth-order valence-electron chi connectivity index (χ4n) is 8.45. The van der Waals surface area contributed by atoms with Crippen molar-refractivity contribution in [2.45, 2.75) is 11.8 Å². The molecule has 1 spiro atoms. The van der Waals surface area contributed by atoms with Gasteiger partial charge in [-0.05, 0) is 64.8 Å². The SMILES string of the molecule is Nc1nc2c(c(-c3ccccc3)n1)C(c1ccccc1)C1(C(=O)N(c3ccccc3)C(=S)N(c3ccccc3)C1=O)C(c1ccccc1)/C2=C/c1ccccc1. The minimum absolute atomic E-state index is 0.0675. The molecule has 7 nitrogen and oxygen atoms in total. The molecule has 8 heteroatoms. The van der Waals surface area contributed by atoms with E-state index in [1.807, 2.05) is 188 Å². The zero-order valence-corrected chi connectivity index (χ0v) is 31.0. The van der Waals surface area contributed by atoms with Crippen LogP contribution in [0.2, 0.25) is 0 Å². The number of nitrogens with zero attached hydrogens (tertiary/aromatic N) is 4. The van der Waals surface area contributed by atoms with Crippen LogP contribution in [0.5, 0.6) is 0 Å². The molecule has 2 unspecified atom stereocenters. The van der Waals surface area contributed by atoms with Crippen LogP contribution in [-0.4, -0.2) is 26.9 Å². The highest BCUT2D eigenvalue weighted by Crippen LogP contribution is 2.64. The van der Waals surface area contributed by atoms with Gasteiger partial charge in [-0.3, -0.25) is 19.4 Å². The number of amides is 2. The van der Waals surface area contributed by atoms with Crippen LogP contribution in [0.15, 0.2) is 182 Å². The zero-order valence-electron chi connectivity index (χ0n) is 30.1. The molecule has 2 aliphatic rings. The summed E-state index contributed by atoms with van der Waals surface area (Å²) in [7, 11) is 0. The quantitative estimate of drug-likeness (QED) is 0.135. The first-order chi connectivity index (χ1) is 27.5. The summed E-state index contributed by atoms with van der Waals surface area (Å²) < 4.78 is 0. The molecule has 1 saturated heterocycles. The summed E-state index contributed by atoms with van der Waals surface area (Å²) in [5, 5.41) is 0.0675. The molecule has 2 heterocycles. The first-order valence-electron chi connectivity index (χ1n) is 18.4. The lowest BCUT2D eigenvalue weighted by atomic mass is 9.51. The number of anilines is 3. The number of rotatable bonds is 6. The number of hydrogen-bond donors (Lipinski definition) is 1. The van der Waals surface area contributed by atoms with Crippen molar-refractivity contribution in [1.29, 1.82) is 0 Å². The fourth-order valence-corrected chi connectivity index (χ4v) is 8.83. The number of nitrogen functional groups attached to an aromatic ring is 1. The van der Waals surface area contributed by atoms with E-state index in [9.17, 15) is 0 Å². The number of allylic oxidation sites excluding steroid dienone is 1. The van der Waals surface area contributed by atoms with Gasteiger partial charge in [-0.1, -0.05) is 158 Å². The summed E-state index contributed by atoms with van der Waals surface area (Å²) in [5.74, 6) is -2.63. The van der Waals surface area contributed by atoms with E-state index < -0.39 is 29.1 Å². The molecule has 1 aliphatic carbocycles. The number of thiocarbonyl (C=S) groups is 1. The fraction of sp³-hybridized carbons (Fsp3) is 0.0625. The van der Waals surface area contributed by atoms with Crippen LogP contribution >= 0.6 is 12.2 Å². The second-order valence-electron chi connectivity index (χ2n) is 13.9. The van der Waals surface area contributed by atoms with Crippen LogP contribution in [0.1, 0.15) is 39.8 Å². The summed E-state index contributed by atoms with van der Waals surface area (Å²) in [6, 6.07) is 57.8.